The molecule has 0 bridgehead atoms. The monoisotopic (exact) mass is 388 g/mol. The Kier molecular flexibility index (Phi) is 5.63. The number of hydrogen-bond acceptors (Lipinski definition) is 3. The highest BCUT2D eigenvalue weighted by atomic mass is 32.2. The van der Waals surface area contributed by atoms with Gasteiger partial charge in [-0.25, -0.2) is 4.98 Å². The van der Waals surface area contributed by atoms with Crippen LogP contribution in [0.3, 0.4) is 0 Å². The standard InChI is InChI=1S/C23H24N4S/c1-17-16-18(2)27(26-17)14-9-15-28-23-24-21(19-10-5-3-6-11-19)22(25-23)20-12-7-4-8-13-20/h3-8,10-13,16H,9,14-15H2,1-2H3,(H,24,25). The van der Waals surface area contributed by atoms with E-state index in [1.54, 1.807) is 11.8 Å². The average Bonchev–Trinajstić information content (AvgIpc) is 3.29. The van der Waals surface area contributed by atoms with Gasteiger partial charge in [0, 0.05) is 29.1 Å². The molecule has 0 saturated heterocycles. The number of imidazole rings is 1. The lowest BCUT2D eigenvalue weighted by molar-refractivity contribution is 0.586. The highest BCUT2D eigenvalue weighted by molar-refractivity contribution is 7.99. The minimum Gasteiger partial charge on any atom is -0.332 e. The molecule has 0 saturated carbocycles. The number of benzene rings is 2. The van der Waals surface area contributed by atoms with Gasteiger partial charge in [-0.1, -0.05) is 72.4 Å². The number of H-pyrrole nitrogens is 1. The minimum absolute atomic E-state index is 0.935. The second-order valence-electron chi connectivity index (χ2n) is 6.85. The number of thioether (sulfide) groups is 1. The lowest BCUT2D eigenvalue weighted by atomic mass is 10.1. The third-order valence-corrected chi connectivity index (χ3v) is 5.61. The van der Waals surface area contributed by atoms with E-state index >= 15 is 0 Å². The van der Waals surface area contributed by atoms with E-state index in [2.05, 4.69) is 76.3 Å². The zero-order valence-electron chi connectivity index (χ0n) is 16.2. The minimum atomic E-state index is 0.935. The molecule has 0 fully saturated rings. The Hall–Kier alpha value is -2.79. The number of rotatable bonds is 7. The fraction of sp³-hybridized carbons (Fsp3) is 0.217. The molecule has 0 aliphatic carbocycles. The van der Waals surface area contributed by atoms with Gasteiger partial charge < -0.3 is 4.98 Å². The van der Waals surface area contributed by atoms with Crippen LogP contribution in [0.5, 0.6) is 0 Å². The van der Waals surface area contributed by atoms with Crippen molar-refractivity contribution in [3.63, 3.8) is 0 Å². The molecule has 4 aromatic rings. The van der Waals surface area contributed by atoms with E-state index < -0.39 is 0 Å². The van der Waals surface area contributed by atoms with E-state index in [-0.39, 0.29) is 0 Å². The van der Waals surface area contributed by atoms with Crippen LogP contribution in [-0.2, 0) is 6.54 Å². The summed E-state index contributed by atoms with van der Waals surface area (Å²) in [4.78, 5) is 8.45. The van der Waals surface area contributed by atoms with Gasteiger partial charge in [0.2, 0.25) is 0 Å². The van der Waals surface area contributed by atoms with Gasteiger partial charge in [-0.3, -0.25) is 4.68 Å². The first-order chi connectivity index (χ1) is 13.7. The SMILES string of the molecule is Cc1cc(C)n(CCCSc2nc(-c3ccccc3)c(-c3ccccc3)[nH]2)n1. The zero-order valence-corrected chi connectivity index (χ0v) is 17.0. The van der Waals surface area contributed by atoms with E-state index in [1.807, 2.05) is 19.1 Å². The average molecular weight is 389 g/mol. The molecule has 0 unspecified atom stereocenters. The summed E-state index contributed by atoms with van der Waals surface area (Å²) in [6.07, 6.45) is 1.05. The molecule has 5 heteroatoms. The molecule has 0 amide bonds. The molecule has 0 spiro atoms. The van der Waals surface area contributed by atoms with Crippen molar-refractivity contribution in [1.29, 1.82) is 0 Å². The van der Waals surface area contributed by atoms with Crippen molar-refractivity contribution in [3.05, 3.63) is 78.1 Å². The van der Waals surface area contributed by atoms with Crippen molar-refractivity contribution in [2.24, 2.45) is 0 Å². The van der Waals surface area contributed by atoms with E-state index in [4.69, 9.17) is 4.98 Å². The van der Waals surface area contributed by atoms with Crippen molar-refractivity contribution >= 4 is 11.8 Å². The first-order valence-electron chi connectivity index (χ1n) is 9.55. The maximum absolute atomic E-state index is 4.91. The Labute approximate surface area is 170 Å². The first-order valence-corrected chi connectivity index (χ1v) is 10.5. The molecule has 4 rings (SSSR count). The quantitative estimate of drug-likeness (QED) is 0.324. The zero-order chi connectivity index (χ0) is 19.3. The molecule has 4 nitrogen and oxygen atoms in total. The summed E-state index contributed by atoms with van der Waals surface area (Å²) in [5.74, 6) is 0.994. The highest BCUT2D eigenvalue weighted by Crippen LogP contribution is 2.32. The highest BCUT2D eigenvalue weighted by Gasteiger charge is 2.14. The lowest BCUT2D eigenvalue weighted by Gasteiger charge is -2.03. The molecule has 142 valence electrons. The number of aromatic amines is 1. The molecule has 0 aliphatic heterocycles. The number of aromatic nitrogens is 4. The molecule has 2 aromatic heterocycles. The predicted molar refractivity (Wildman–Crippen MR) is 117 cm³/mol. The summed E-state index contributed by atoms with van der Waals surface area (Å²) in [6, 6.07) is 22.9. The molecular formula is C23H24N4S. The summed E-state index contributed by atoms with van der Waals surface area (Å²) in [7, 11) is 0. The van der Waals surface area contributed by atoms with Crippen molar-refractivity contribution in [1.82, 2.24) is 19.7 Å². The predicted octanol–water partition coefficient (Wildman–Crippen LogP) is 5.74. The van der Waals surface area contributed by atoms with Crippen molar-refractivity contribution in [2.75, 3.05) is 5.75 Å². The third-order valence-electron chi connectivity index (χ3n) is 4.65. The van der Waals surface area contributed by atoms with Crippen LogP contribution in [0.4, 0.5) is 0 Å². The fourth-order valence-corrected chi connectivity index (χ4v) is 4.12. The Balaban J connectivity index is 1.50. The maximum Gasteiger partial charge on any atom is 0.166 e. The molecule has 28 heavy (non-hydrogen) atoms. The number of nitrogens with zero attached hydrogens (tertiary/aromatic N) is 3. The smallest absolute Gasteiger partial charge is 0.166 e. The molecule has 1 N–H and O–H groups in total. The van der Waals surface area contributed by atoms with Gasteiger partial charge in [0.25, 0.3) is 0 Å². The van der Waals surface area contributed by atoms with E-state index in [9.17, 15) is 0 Å². The molecule has 0 aliphatic rings. The number of nitrogens with one attached hydrogen (secondary N) is 1. The van der Waals surface area contributed by atoms with Gasteiger partial charge in [-0.2, -0.15) is 5.10 Å². The molecule has 0 radical (unpaired) electrons. The summed E-state index contributed by atoms with van der Waals surface area (Å²) < 4.78 is 2.09. The summed E-state index contributed by atoms with van der Waals surface area (Å²) >= 11 is 1.77. The van der Waals surface area contributed by atoms with Crippen molar-refractivity contribution < 1.29 is 0 Å². The Morgan fingerprint density at radius 2 is 1.61 bits per heavy atom. The van der Waals surface area contributed by atoms with Crippen LogP contribution >= 0.6 is 11.8 Å². The van der Waals surface area contributed by atoms with Crippen LogP contribution in [0.1, 0.15) is 17.8 Å². The van der Waals surface area contributed by atoms with Gasteiger partial charge in [0.1, 0.15) is 0 Å². The molecular weight excluding hydrogens is 364 g/mol. The van der Waals surface area contributed by atoms with E-state index in [1.165, 1.54) is 5.69 Å². The van der Waals surface area contributed by atoms with Crippen LogP contribution < -0.4 is 0 Å². The van der Waals surface area contributed by atoms with Crippen molar-refractivity contribution in [2.45, 2.75) is 32.0 Å². The van der Waals surface area contributed by atoms with Gasteiger partial charge in [-0.15, -0.1) is 0 Å². The fourth-order valence-electron chi connectivity index (χ4n) is 3.32. The molecule has 2 aromatic carbocycles. The summed E-state index contributed by atoms with van der Waals surface area (Å²) in [5.41, 5.74) is 6.67. The van der Waals surface area contributed by atoms with Gasteiger partial charge in [-0.05, 0) is 26.3 Å². The van der Waals surface area contributed by atoms with Gasteiger partial charge in [0.05, 0.1) is 17.1 Å². The molecule has 0 atom stereocenters. The molecule has 2 heterocycles. The topological polar surface area (TPSA) is 46.5 Å². The summed E-state index contributed by atoms with van der Waals surface area (Å²) in [5, 5.41) is 5.50. The second-order valence-corrected chi connectivity index (χ2v) is 7.93. The van der Waals surface area contributed by atoms with E-state index in [0.29, 0.717) is 0 Å². The first kappa shape index (κ1) is 18.6. The maximum atomic E-state index is 4.91. The van der Waals surface area contributed by atoms with Gasteiger partial charge >= 0.3 is 0 Å². The van der Waals surface area contributed by atoms with Gasteiger partial charge in [0.15, 0.2) is 5.16 Å². The summed E-state index contributed by atoms with van der Waals surface area (Å²) in [6.45, 7) is 5.08. The van der Waals surface area contributed by atoms with Crippen LogP contribution in [0, 0.1) is 13.8 Å². The Morgan fingerprint density at radius 1 is 0.929 bits per heavy atom. The van der Waals surface area contributed by atoms with Crippen LogP contribution in [0.15, 0.2) is 71.9 Å². The largest absolute Gasteiger partial charge is 0.332 e. The number of hydrogen-bond donors (Lipinski definition) is 1. The van der Waals surface area contributed by atoms with Crippen LogP contribution in [0.2, 0.25) is 0 Å². The van der Waals surface area contributed by atoms with Crippen molar-refractivity contribution in [3.8, 4) is 22.5 Å². The Bertz CT molecular complexity index is 978. The lowest BCUT2D eigenvalue weighted by Crippen LogP contribution is -2.03. The van der Waals surface area contributed by atoms with E-state index in [0.717, 1.165) is 52.1 Å². The Morgan fingerprint density at radius 3 is 2.25 bits per heavy atom. The number of aryl methyl sites for hydroxylation is 3. The van der Waals surface area contributed by atoms with Crippen LogP contribution in [0.25, 0.3) is 22.5 Å². The normalized spacial score (nSPS) is 11.1. The van der Waals surface area contributed by atoms with Crippen LogP contribution in [-0.4, -0.2) is 25.5 Å². The third kappa shape index (κ3) is 4.20. The second kappa shape index (κ2) is 8.48.